The number of nitrogens with one attached hydrogen (secondary N) is 2. The van der Waals surface area contributed by atoms with E-state index in [0.717, 1.165) is 10.3 Å². The number of aryl methyl sites for hydroxylation is 2. The Morgan fingerprint density at radius 3 is 1.61 bits per heavy atom. The zero-order valence-electron chi connectivity index (χ0n) is 32.0. The Hall–Kier alpha value is -7.52. The van der Waals surface area contributed by atoms with Gasteiger partial charge < -0.3 is 30.2 Å². The summed E-state index contributed by atoms with van der Waals surface area (Å²) in [4.78, 5) is 54.6. The number of pyridine rings is 4. The summed E-state index contributed by atoms with van der Waals surface area (Å²) >= 11 is 0. The van der Waals surface area contributed by atoms with Crippen LogP contribution in [0.4, 0.5) is 37.7 Å². The summed E-state index contributed by atoms with van der Waals surface area (Å²) in [6.07, 6.45) is -3.53. The Balaban J connectivity index is 0.000000210. The maximum absolute atomic E-state index is 12.8. The highest BCUT2D eigenvalue weighted by Gasteiger charge is 2.29. The van der Waals surface area contributed by atoms with Crippen LogP contribution in [0.15, 0.2) is 101 Å². The highest BCUT2D eigenvalue weighted by atomic mass is 19.4. The smallest absolute Gasteiger partial charge is 0.422 e. The highest BCUT2D eigenvalue weighted by Crippen LogP contribution is 2.25. The molecule has 7 aromatic rings. The van der Waals surface area contributed by atoms with E-state index in [4.69, 9.17) is 4.84 Å². The van der Waals surface area contributed by atoms with Crippen LogP contribution >= 0.6 is 0 Å². The number of halogens is 6. The fraction of sp³-hybridized carbons (Fsp3) is 0.231. The Bertz CT molecular complexity index is 2720. The average Bonchev–Trinajstić information content (AvgIpc) is 3.22. The number of anilines is 2. The van der Waals surface area contributed by atoms with E-state index in [2.05, 4.69) is 50.0 Å². The predicted octanol–water partition coefficient (Wildman–Crippen LogP) is 5.96. The van der Waals surface area contributed by atoms with Gasteiger partial charge in [0.1, 0.15) is 19.3 Å². The van der Waals surface area contributed by atoms with Crippen molar-refractivity contribution in [3.05, 3.63) is 141 Å². The third kappa shape index (κ3) is 11.6. The van der Waals surface area contributed by atoms with E-state index in [1.807, 2.05) is 30.3 Å². The lowest BCUT2D eigenvalue weighted by Crippen LogP contribution is -2.28. The summed E-state index contributed by atoms with van der Waals surface area (Å²) in [6.45, 7) is 1.32. The summed E-state index contributed by atoms with van der Waals surface area (Å²) in [7, 11) is 0. The molecule has 0 saturated heterocycles. The van der Waals surface area contributed by atoms with Crippen LogP contribution in [0.1, 0.15) is 28.1 Å². The van der Waals surface area contributed by atoms with Crippen molar-refractivity contribution in [1.29, 1.82) is 0 Å². The van der Waals surface area contributed by atoms with Crippen LogP contribution in [0.2, 0.25) is 0 Å². The molecular weight excluding hydrogens is 818 g/mol. The second kappa shape index (κ2) is 18.6. The van der Waals surface area contributed by atoms with Gasteiger partial charge in [-0.05, 0) is 30.5 Å². The van der Waals surface area contributed by atoms with E-state index < -0.39 is 36.7 Å². The Morgan fingerprint density at radius 1 is 0.623 bits per heavy atom. The minimum absolute atomic E-state index is 0.0616. The van der Waals surface area contributed by atoms with Gasteiger partial charge in [-0.3, -0.25) is 9.59 Å². The SMILES string of the molecule is Cc1ncnc2c1c(NCc1ccc(OCC(F)(F)F)nc1)cc(=O)n2O.Cc1ncnc2c1c(NCc1ccc(OCC(F)(F)F)nc1)cc(=O)n2OCc1ccccc1. The third-order valence-corrected chi connectivity index (χ3v) is 8.44. The van der Waals surface area contributed by atoms with Gasteiger partial charge in [-0.25, -0.2) is 29.9 Å². The molecule has 22 heteroatoms. The number of rotatable bonds is 13. The minimum Gasteiger partial charge on any atom is -0.468 e. The fourth-order valence-electron chi connectivity index (χ4n) is 5.61. The number of aromatic nitrogens is 8. The summed E-state index contributed by atoms with van der Waals surface area (Å²) in [5.74, 6) is -0.275. The molecular formula is C39H34F6N10O6. The molecule has 0 fully saturated rings. The Kier molecular flexibility index (Phi) is 13.1. The molecule has 0 spiro atoms. The molecule has 0 saturated carbocycles. The van der Waals surface area contributed by atoms with E-state index in [0.29, 0.717) is 55.0 Å². The Labute approximate surface area is 340 Å². The second-order valence-corrected chi connectivity index (χ2v) is 13.0. The lowest BCUT2D eigenvalue weighted by Gasteiger charge is -2.15. The molecule has 0 radical (unpaired) electrons. The average molecular weight is 853 g/mol. The maximum atomic E-state index is 12.8. The first-order valence-corrected chi connectivity index (χ1v) is 17.9. The number of alkyl halides is 6. The molecule has 7 rings (SSSR count). The third-order valence-electron chi connectivity index (χ3n) is 8.44. The normalized spacial score (nSPS) is 11.5. The first-order chi connectivity index (χ1) is 29.0. The molecule has 318 valence electrons. The van der Waals surface area contributed by atoms with Crippen molar-refractivity contribution in [3.8, 4) is 11.8 Å². The maximum Gasteiger partial charge on any atom is 0.422 e. The number of fused-ring (bicyclic) bond motifs is 2. The molecule has 0 bridgehead atoms. The molecule has 0 unspecified atom stereocenters. The lowest BCUT2D eigenvalue weighted by atomic mass is 10.2. The highest BCUT2D eigenvalue weighted by molar-refractivity contribution is 5.91. The van der Waals surface area contributed by atoms with Gasteiger partial charge in [-0.1, -0.05) is 42.5 Å². The van der Waals surface area contributed by atoms with Gasteiger partial charge in [0.15, 0.2) is 24.5 Å². The number of hydrogen-bond donors (Lipinski definition) is 3. The van der Waals surface area contributed by atoms with Crippen molar-refractivity contribution in [1.82, 2.24) is 39.4 Å². The van der Waals surface area contributed by atoms with E-state index >= 15 is 0 Å². The van der Waals surface area contributed by atoms with Crippen molar-refractivity contribution in [2.45, 2.75) is 45.9 Å². The molecule has 0 aliphatic heterocycles. The number of hydrogen-bond acceptors (Lipinski definition) is 14. The molecule has 0 aliphatic rings. The lowest BCUT2D eigenvalue weighted by molar-refractivity contribution is -0.154. The molecule has 0 aliphatic carbocycles. The molecule has 61 heavy (non-hydrogen) atoms. The molecule has 16 nitrogen and oxygen atoms in total. The van der Waals surface area contributed by atoms with Crippen LogP contribution in [0, 0.1) is 13.8 Å². The van der Waals surface area contributed by atoms with Crippen molar-refractivity contribution in [3.63, 3.8) is 0 Å². The zero-order chi connectivity index (χ0) is 43.7. The molecule has 0 amide bonds. The summed E-state index contributed by atoms with van der Waals surface area (Å²) < 4.78 is 84.0. The van der Waals surface area contributed by atoms with Crippen LogP contribution in [-0.4, -0.2) is 70.1 Å². The van der Waals surface area contributed by atoms with Crippen molar-refractivity contribution in [2.24, 2.45) is 0 Å². The quantitative estimate of drug-likeness (QED) is 0.0909. The van der Waals surface area contributed by atoms with Gasteiger partial charge in [0.25, 0.3) is 11.1 Å². The van der Waals surface area contributed by atoms with Gasteiger partial charge in [0, 0.05) is 49.7 Å². The van der Waals surface area contributed by atoms with Gasteiger partial charge in [-0.2, -0.15) is 26.3 Å². The standard InChI is InChI=1S/C23H20F3N5O3.C16H14F3N5O3/c1-15-21-18(27-10-17-7-8-19(28-11-17)33-13-23(24,25)26)9-20(32)31(22(21)30-14-29-15)34-12-16-5-3-2-4-6-16;1-9-14-11(4-13(25)24(26)15(14)23-8-22-9)20-5-10-2-3-12(21-6-10)27-7-16(17,18)19/h2-9,11,14,27H,10,12-13H2,1H3;2-4,6,8,20,26H,5,7H2,1H3. The number of ether oxygens (including phenoxy) is 2. The molecule has 0 atom stereocenters. The molecule has 3 N–H and O–H groups in total. The van der Waals surface area contributed by atoms with Crippen LogP contribution in [0.5, 0.6) is 11.8 Å². The molecule has 1 aromatic carbocycles. The summed E-state index contributed by atoms with van der Waals surface area (Å²) in [6, 6.07) is 17.8. The number of nitrogens with zero attached hydrogens (tertiary/aromatic N) is 8. The van der Waals surface area contributed by atoms with Crippen molar-refractivity contribution >= 4 is 33.4 Å². The second-order valence-electron chi connectivity index (χ2n) is 13.0. The summed E-state index contributed by atoms with van der Waals surface area (Å²) in [5, 5.41) is 17.1. The zero-order valence-corrected chi connectivity index (χ0v) is 32.0. The van der Waals surface area contributed by atoms with E-state index in [1.54, 1.807) is 26.0 Å². The molecule has 6 aromatic heterocycles. The largest absolute Gasteiger partial charge is 0.468 e. The van der Waals surface area contributed by atoms with Gasteiger partial charge in [0.05, 0.1) is 33.5 Å². The topological polar surface area (TPSA) is 193 Å². The predicted molar refractivity (Wildman–Crippen MR) is 207 cm³/mol. The first-order valence-electron chi connectivity index (χ1n) is 17.9. The van der Waals surface area contributed by atoms with Crippen LogP contribution in [0.3, 0.4) is 0 Å². The van der Waals surface area contributed by atoms with Gasteiger partial charge >= 0.3 is 12.4 Å². The van der Waals surface area contributed by atoms with E-state index in [9.17, 15) is 41.1 Å². The minimum atomic E-state index is -4.44. The van der Waals surface area contributed by atoms with E-state index in [1.165, 1.54) is 49.3 Å². The Morgan fingerprint density at radius 2 is 1.11 bits per heavy atom. The van der Waals surface area contributed by atoms with Crippen LogP contribution in [0.25, 0.3) is 22.1 Å². The van der Waals surface area contributed by atoms with Gasteiger partial charge in [0.2, 0.25) is 11.8 Å². The molecule has 6 heterocycles. The van der Waals surface area contributed by atoms with Crippen molar-refractivity contribution < 1.29 is 45.9 Å². The first kappa shape index (κ1) is 43.1. The van der Waals surface area contributed by atoms with Crippen LogP contribution < -0.4 is 36.1 Å². The monoisotopic (exact) mass is 852 g/mol. The van der Waals surface area contributed by atoms with Crippen molar-refractivity contribution in [2.75, 3.05) is 23.8 Å². The summed E-state index contributed by atoms with van der Waals surface area (Å²) in [5.41, 5.74) is 3.60. The van der Waals surface area contributed by atoms with Crippen LogP contribution in [-0.2, 0) is 19.7 Å². The van der Waals surface area contributed by atoms with E-state index in [-0.39, 0.29) is 37.1 Å². The van der Waals surface area contributed by atoms with Gasteiger partial charge in [-0.15, -0.1) is 9.46 Å². The number of benzene rings is 1. The fourth-order valence-corrected chi connectivity index (χ4v) is 5.61.